The minimum atomic E-state index is 0.425. The molecule has 0 amide bonds. The first kappa shape index (κ1) is 19.3. The van der Waals surface area contributed by atoms with Crippen LogP contribution in [0.2, 0.25) is 10.0 Å². The minimum Gasteiger partial charge on any atom is -0.496 e. The van der Waals surface area contributed by atoms with Gasteiger partial charge in [0.2, 0.25) is 5.95 Å². The lowest BCUT2D eigenvalue weighted by Crippen LogP contribution is -2.06. The van der Waals surface area contributed by atoms with Gasteiger partial charge in [0.1, 0.15) is 11.6 Å². The highest BCUT2D eigenvalue weighted by Crippen LogP contribution is 2.32. The van der Waals surface area contributed by atoms with E-state index >= 15 is 0 Å². The third-order valence-electron chi connectivity index (χ3n) is 4.44. The first-order valence-corrected chi connectivity index (χ1v) is 9.75. The van der Waals surface area contributed by atoms with Crippen LogP contribution in [0.1, 0.15) is 5.56 Å². The van der Waals surface area contributed by atoms with Crippen molar-refractivity contribution in [3.05, 3.63) is 82.3 Å². The molecule has 5 nitrogen and oxygen atoms in total. The first-order valence-electron chi connectivity index (χ1n) is 8.99. The summed E-state index contributed by atoms with van der Waals surface area (Å²) in [5.74, 6) is 1.96. The molecule has 0 aliphatic heterocycles. The molecule has 0 atom stereocenters. The average molecular weight is 425 g/mol. The SMILES string of the molecule is COc1ccccc1CNc1nc(Nc2cccc(Cl)c2Cl)nc2ccccc12. The number of para-hydroxylation sites is 2. The van der Waals surface area contributed by atoms with Crippen LogP contribution in [0.4, 0.5) is 17.5 Å². The number of anilines is 3. The summed E-state index contributed by atoms with van der Waals surface area (Å²) in [5, 5.41) is 8.38. The topological polar surface area (TPSA) is 59.1 Å². The Morgan fingerprint density at radius 2 is 1.69 bits per heavy atom. The van der Waals surface area contributed by atoms with E-state index in [0.717, 1.165) is 22.2 Å². The Balaban J connectivity index is 1.68. The number of hydrogen-bond acceptors (Lipinski definition) is 5. The van der Waals surface area contributed by atoms with Gasteiger partial charge < -0.3 is 15.4 Å². The second-order valence-electron chi connectivity index (χ2n) is 6.30. The zero-order chi connectivity index (χ0) is 20.2. The Labute approximate surface area is 178 Å². The summed E-state index contributed by atoms with van der Waals surface area (Å²) in [6.07, 6.45) is 0. The van der Waals surface area contributed by atoms with Gasteiger partial charge in [-0.1, -0.05) is 59.6 Å². The van der Waals surface area contributed by atoms with Gasteiger partial charge in [0, 0.05) is 17.5 Å². The largest absolute Gasteiger partial charge is 0.496 e. The number of ether oxygens (including phenoxy) is 1. The van der Waals surface area contributed by atoms with Crippen LogP contribution in [0.5, 0.6) is 5.75 Å². The molecule has 0 radical (unpaired) electrons. The summed E-state index contributed by atoms with van der Waals surface area (Å²) < 4.78 is 5.44. The number of methoxy groups -OCH3 is 1. The van der Waals surface area contributed by atoms with Gasteiger partial charge in [-0.15, -0.1) is 0 Å². The van der Waals surface area contributed by atoms with Gasteiger partial charge in [0.15, 0.2) is 0 Å². The average Bonchev–Trinajstić information content (AvgIpc) is 2.75. The maximum atomic E-state index is 6.30. The van der Waals surface area contributed by atoms with E-state index in [1.807, 2.05) is 60.7 Å². The summed E-state index contributed by atoms with van der Waals surface area (Å²) in [7, 11) is 1.66. The van der Waals surface area contributed by atoms with Crippen molar-refractivity contribution in [3.8, 4) is 5.75 Å². The molecule has 146 valence electrons. The summed E-state index contributed by atoms with van der Waals surface area (Å²) in [6, 6.07) is 21.1. The fourth-order valence-electron chi connectivity index (χ4n) is 3.02. The molecular weight excluding hydrogens is 407 g/mol. The van der Waals surface area contributed by atoms with Crippen molar-refractivity contribution in [2.45, 2.75) is 6.54 Å². The summed E-state index contributed by atoms with van der Waals surface area (Å²) >= 11 is 12.4. The number of fused-ring (bicyclic) bond motifs is 1. The predicted octanol–water partition coefficient (Wildman–Crippen LogP) is 6.30. The Morgan fingerprint density at radius 1 is 0.897 bits per heavy atom. The summed E-state index contributed by atoms with van der Waals surface area (Å²) in [4.78, 5) is 9.26. The van der Waals surface area contributed by atoms with Crippen LogP contribution in [0.15, 0.2) is 66.7 Å². The molecule has 0 saturated heterocycles. The first-order chi connectivity index (χ1) is 14.2. The van der Waals surface area contributed by atoms with E-state index in [1.165, 1.54) is 0 Å². The molecule has 0 aliphatic rings. The monoisotopic (exact) mass is 424 g/mol. The number of aromatic nitrogens is 2. The van der Waals surface area contributed by atoms with Gasteiger partial charge in [-0.25, -0.2) is 4.98 Å². The van der Waals surface area contributed by atoms with E-state index < -0.39 is 0 Å². The van der Waals surface area contributed by atoms with Crippen molar-refractivity contribution in [1.82, 2.24) is 9.97 Å². The Kier molecular flexibility index (Phi) is 5.69. The molecule has 4 aromatic rings. The maximum Gasteiger partial charge on any atom is 0.229 e. The van der Waals surface area contributed by atoms with Gasteiger partial charge in [0.25, 0.3) is 0 Å². The lowest BCUT2D eigenvalue weighted by molar-refractivity contribution is 0.410. The van der Waals surface area contributed by atoms with Crippen LogP contribution in [-0.2, 0) is 6.54 Å². The normalized spacial score (nSPS) is 10.7. The Morgan fingerprint density at radius 3 is 2.55 bits per heavy atom. The molecule has 0 fully saturated rings. The van der Waals surface area contributed by atoms with Gasteiger partial charge in [-0.2, -0.15) is 4.98 Å². The van der Waals surface area contributed by atoms with E-state index in [-0.39, 0.29) is 0 Å². The molecule has 7 heteroatoms. The molecule has 0 bridgehead atoms. The van der Waals surface area contributed by atoms with Gasteiger partial charge >= 0.3 is 0 Å². The van der Waals surface area contributed by atoms with Gasteiger partial charge in [0.05, 0.1) is 28.4 Å². The van der Waals surface area contributed by atoms with Crippen LogP contribution >= 0.6 is 23.2 Å². The lowest BCUT2D eigenvalue weighted by atomic mass is 10.2. The van der Waals surface area contributed by atoms with Crippen LogP contribution < -0.4 is 15.4 Å². The zero-order valence-corrected chi connectivity index (χ0v) is 17.1. The van der Waals surface area contributed by atoms with Crippen molar-refractivity contribution in [2.75, 3.05) is 17.7 Å². The highest BCUT2D eigenvalue weighted by molar-refractivity contribution is 6.43. The molecule has 0 unspecified atom stereocenters. The quantitative estimate of drug-likeness (QED) is 0.380. The van der Waals surface area contributed by atoms with E-state index in [9.17, 15) is 0 Å². The molecule has 4 rings (SSSR count). The van der Waals surface area contributed by atoms with E-state index in [2.05, 4.69) is 20.6 Å². The molecule has 0 spiro atoms. The van der Waals surface area contributed by atoms with E-state index in [1.54, 1.807) is 13.2 Å². The molecule has 1 aromatic heterocycles. The lowest BCUT2D eigenvalue weighted by Gasteiger charge is -2.14. The van der Waals surface area contributed by atoms with Crippen molar-refractivity contribution < 1.29 is 4.74 Å². The number of benzene rings is 3. The molecule has 0 aliphatic carbocycles. The molecule has 1 heterocycles. The highest BCUT2D eigenvalue weighted by atomic mass is 35.5. The summed E-state index contributed by atoms with van der Waals surface area (Å²) in [5.41, 5.74) is 2.49. The number of hydrogen-bond donors (Lipinski definition) is 2. The fourth-order valence-corrected chi connectivity index (χ4v) is 3.36. The Hall–Kier alpha value is -3.02. The van der Waals surface area contributed by atoms with Crippen molar-refractivity contribution in [1.29, 1.82) is 0 Å². The van der Waals surface area contributed by atoms with E-state index in [4.69, 9.17) is 27.9 Å². The molecule has 2 N–H and O–H groups in total. The second kappa shape index (κ2) is 8.55. The third kappa shape index (κ3) is 4.21. The highest BCUT2D eigenvalue weighted by Gasteiger charge is 2.11. The van der Waals surface area contributed by atoms with Crippen LogP contribution in [0.25, 0.3) is 10.9 Å². The zero-order valence-electron chi connectivity index (χ0n) is 15.6. The smallest absolute Gasteiger partial charge is 0.229 e. The molecular formula is C22H18Cl2N4O. The van der Waals surface area contributed by atoms with Gasteiger partial charge in [-0.05, 0) is 30.3 Å². The number of nitrogens with zero attached hydrogens (tertiary/aromatic N) is 2. The minimum absolute atomic E-state index is 0.425. The number of rotatable bonds is 6. The standard InChI is InChI=1S/C22H18Cl2N4O/c1-29-19-12-5-2-7-14(19)13-25-21-15-8-3-4-10-17(15)26-22(28-21)27-18-11-6-9-16(23)20(18)24/h2-12H,13H2,1H3,(H2,25,26,27,28). The van der Waals surface area contributed by atoms with Crippen molar-refractivity contribution >= 4 is 51.6 Å². The van der Waals surface area contributed by atoms with Crippen molar-refractivity contribution in [3.63, 3.8) is 0 Å². The molecule has 3 aromatic carbocycles. The predicted molar refractivity (Wildman–Crippen MR) is 120 cm³/mol. The number of halogens is 2. The Bertz CT molecular complexity index is 1170. The van der Waals surface area contributed by atoms with Gasteiger partial charge in [-0.3, -0.25) is 0 Å². The second-order valence-corrected chi connectivity index (χ2v) is 7.09. The maximum absolute atomic E-state index is 6.30. The van der Waals surface area contributed by atoms with Crippen LogP contribution in [0, 0.1) is 0 Å². The fraction of sp³-hybridized carbons (Fsp3) is 0.0909. The van der Waals surface area contributed by atoms with E-state index in [0.29, 0.717) is 34.0 Å². The third-order valence-corrected chi connectivity index (χ3v) is 5.26. The number of nitrogens with one attached hydrogen (secondary N) is 2. The van der Waals surface area contributed by atoms with Crippen LogP contribution in [0.3, 0.4) is 0 Å². The molecule has 0 saturated carbocycles. The van der Waals surface area contributed by atoms with Crippen molar-refractivity contribution in [2.24, 2.45) is 0 Å². The van der Waals surface area contributed by atoms with Crippen LogP contribution in [-0.4, -0.2) is 17.1 Å². The molecule has 29 heavy (non-hydrogen) atoms. The summed E-state index contributed by atoms with van der Waals surface area (Å²) in [6.45, 7) is 0.558.